The van der Waals surface area contributed by atoms with E-state index < -0.39 is 11.0 Å². The topological polar surface area (TPSA) is 44.0 Å². The van der Waals surface area contributed by atoms with Crippen LogP contribution in [0.2, 0.25) is 0 Å². The molecule has 2 heteroatoms. The van der Waals surface area contributed by atoms with Crippen LogP contribution in [-0.2, 0) is 0 Å². The van der Waals surface area contributed by atoms with Crippen molar-refractivity contribution < 1.29 is 5.11 Å². The second kappa shape index (κ2) is 6.94. The lowest BCUT2D eigenvalue weighted by molar-refractivity contribution is -0.104. The second-order valence-electron chi connectivity index (χ2n) is 7.77. The molecule has 1 aliphatic carbocycles. The average Bonchev–Trinajstić information content (AvgIpc) is 2.36. The monoisotopic (exact) mass is 279 g/mol. The average molecular weight is 279 g/mol. The fourth-order valence-electron chi connectivity index (χ4n) is 4.08. The van der Waals surface area contributed by atoms with Gasteiger partial charge in [0.05, 0.1) is 17.1 Å². The minimum Gasteiger partial charge on any atom is -0.388 e. The highest BCUT2D eigenvalue weighted by Gasteiger charge is 2.52. The zero-order chi connectivity index (χ0) is 15.4. The van der Waals surface area contributed by atoms with Crippen LogP contribution in [0.4, 0.5) is 0 Å². The molecule has 0 bridgehead atoms. The molecule has 0 unspecified atom stereocenters. The van der Waals surface area contributed by atoms with E-state index in [1.54, 1.807) is 0 Å². The maximum atomic E-state index is 11.4. The van der Waals surface area contributed by atoms with E-state index in [1.807, 2.05) is 0 Å². The summed E-state index contributed by atoms with van der Waals surface area (Å²) in [7, 11) is 0. The maximum Gasteiger partial charge on any atom is 0.0860 e. The molecule has 116 valence electrons. The van der Waals surface area contributed by atoms with Crippen LogP contribution in [0.5, 0.6) is 0 Å². The van der Waals surface area contributed by atoms with Gasteiger partial charge in [0.25, 0.3) is 0 Å². The van der Waals surface area contributed by atoms with Gasteiger partial charge in [-0.1, -0.05) is 41.0 Å². The zero-order valence-electron chi connectivity index (χ0n) is 14.1. The predicted molar refractivity (Wildman–Crippen MR) is 84.2 cm³/mol. The Labute approximate surface area is 125 Å². The van der Waals surface area contributed by atoms with Crippen molar-refractivity contribution in [1.82, 2.24) is 0 Å². The van der Waals surface area contributed by atoms with E-state index in [0.717, 1.165) is 44.4 Å². The normalized spacial score (nSPS) is 27.9. The van der Waals surface area contributed by atoms with Gasteiger partial charge in [-0.05, 0) is 56.3 Å². The Balaban J connectivity index is 3.00. The summed E-state index contributed by atoms with van der Waals surface area (Å²) in [5.74, 6) is 1.60. The standard InChI is InChI=1S/C18H33NO/c1-6-16-7-9-17(13-19,10-8-16)18(20,11-14(2)3)12-15(4)5/h14-16,20H,6-12H2,1-5H3. The van der Waals surface area contributed by atoms with Gasteiger partial charge in [-0.25, -0.2) is 0 Å². The molecule has 0 heterocycles. The van der Waals surface area contributed by atoms with Crippen LogP contribution < -0.4 is 0 Å². The molecule has 0 aromatic rings. The molecule has 1 aliphatic rings. The van der Waals surface area contributed by atoms with E-state index in [-0.39, 0.29) is 0 Å². The molecule has 1 fully saturated rings. The van der Waals surface area contributed by atoms with Crippen molar-refractivity contribution >= 4 is 0 Å². The molecule has 0 aliphatic heterocycles. The number of hydrogen-bond acceptors (Lipinski definition) is 2. The molecule has 0 aromatic heterocycles. The van der Waals surface area contributed by atoms with E-state index in [0.29, 0.717) is 11.8 Å². The van der Waals surface area contributed by atoms with Crippen LogP contribution in [0.15, 0.2) is 0 Å². The van der Waals surface area contributed by atoms with Crippen LogP contribution >= 0.6 is 0 Å². The van der Waals surface area contributed by atoms with Crippen molar-refractivity contribution in [3.8, 4) is 6.07 Å². The molecule has 0 aromatic carbocycles. The van der Waals surface area contributed by atoms with Gasteiger partial charge in [0.15, 0.2) is 0 Å². The van der Waals surface area contributed by atoms with Crippen LogP contribution in [0, 0.1) is 34.5 Å². The maximum absolute atomic E-state index is 11.4. The van der Waals surface area contributed by atoms with Crippen molar-refractivity contribution in [1.29, 1.82) is 5.26 Å². The third-order valence-corrected chi connectivity index (χ3v) is 5.13. The third-order valence-electron chi connectivity index (χ3n) is 5.13. The van der Waals surface area contributed by atoms with Crippen molar-refractivity contribution in [2.75, 3.05) is 0 Å². The van der Waals surface area contributed by atoms with Gasteiger partial charge in [0, 0.05) is 0 Å². The summed E-state index contributed by atoms with van der Waals surface area (Å²) in [5.41, 5.74) is -1.34. The molecule has 1 rings (SSSR count). The minimum atomic E-state index is -0.817. The van der Waals surface area contributed by atoms with Gasteiger partial charge in [0.1, 0.15) is 0 Å². The SMILES string of the molecule is CCC1CCC(C#N)(C(O)(CC(C)C)CC(C)C)CC1. The largest absolute Gasteiger partial charge is 0.388 e. The summed E-state index contributed by atoms with van der Waals surface area (Å²) in [6.07, 6.45) is 6.64. The Hall–Kier alpha value is -0.550. The van der Waals surface area contributed by atoms with Crippen LogP contribution in [0.1, 0.15) is 79.6 Å². The lowest BCUT2D eigenvalue weighted by Crippen LogP contribution is -2.51. The summed E-state index contributed by atoms with van der Waals surface area (Å²) in [5, 5.41) is 21.2. The van der Waals surface area contributed by atoms with Gasteiger partial charge in [-0.15, -0.1) is 0 Å². The Morgan fingerprint density at radius 1 is 1.15 bits per heavy atom. The molecule has 0 radical (unpaired) electrons. The minimum absolute atomic E-state index is 0.424. The summed E-state index contributed by atoms with van der Waals surface area (Å²) >= 11 is 0. The van der Waals surface area contributed by atoms with Crippen LogP contribution in [-0.4, -0.2) is 10.7 Å². The van der Waals surface area contributed by atoms with Gasteiger partial charge < -0.3 is 5.11 Å². The van der Waals surface area contributed by atoms with E-state index >= 15 is 0 Å². The Bertz CT molecular complexity index is 322. The predicted octanol–water partition coefficient (Wildman–Crippen LogP) is 4.92. The molecular weight excluding hydrogens is 246 g/mol. The van der Waals surface area contributed by atoms with Crippen molar-refractivity contribution in [3.63, 3.8) is 0 Å². The van der Waals surface area contributed by atoms with Gasteiger partial charge >= 0.3 is 0 Å². The van der Waals surface area contributed by atoms with E-state index in [2.05, 4.69) is 40.7 Å². The first-order chi connectivity index (χ1) is 9.28. The second-order valence-corrected chi connectivity index (χ2v) is 7.77. The quantitative estimate of drug-likeness (QED) is 0.750. The van der Waals surface area contributed by atoms with Crippen molar-refractivity contribution in [2.45, 2.75) is 85.2 Å². The molecule has 2 nitrogen and oxygen atoms in total. The lowest BCUT2D eigenvalue weighted by Gasteiger charge is -2.48. The van der Waals surface area contributed by atoms with Crippen LogP contribution in [0.25, 0.3) is 0 Å². The fraction of sp³-hybridized carbons (Fsp3) is 0.944. The molecule has 0 amide bonds. The summed E-state index contributed by atoms with van der Waals surface area (Å²) < 4.78 is 0. The van der Waals surface area contributed by atoms with E-state index in [4.69, 9.17) is 0 Å². The number of aliphatic hydroxyl groups is 1. The Morgan fingerprint density at radius 3 is 1.90 bits per heavy atom. The first-order valence-electron chi connectivity index (χ1n) is 8.42. The Morgan fingerprint density at radius 2 is 1.60 bits per heavy atom. The smallest absolute Gasteiger partial charge is 0.0860 e. The number of hydrogen-bond donors (Lipinski definition) is 1. The number of rotatable bonds is 6. The summed E-state index contributed by atoms with van der Waals surface area (Å²) in [6, 6.07) is 2.56. The molecular formula is C18H33NO. The Kier molecular flexibility index (Phi) is 6.07. The van der Waals surface area contributed by atoms with E-state index in [9.17, 15) is 10.4 Å². The zero-order valence-corrected chi connectivity index (χ0v) is 14.1. The molecule has 20 heavy (non-hydrogen) atoms. The molecule has 1 saturated carbocycles. The fourth-order valence-corrected chi connectivity index (χ4v) is 4.08. The lowest BCUT2D eigenvalue weighted by atomic mass is 9.58. The summed E-state index contributed by atoms with van der Waals surface area (Å²) in [4.78, 5) is 0. The molecule has 0 spiro atoms. The first-order valence-corrected chi connectivity index (χ1v) is 8.42. The highest BCUT2D eigenvalue weighted by atomic mass is 16.3. The van der Waals surface area contributed by atoms with Gasteiger partial charge in [-0.3, -0.25) is 0 Å². The first kappa shape index (κ1) is 17.5. The third kappa shape index (κ3) is 3.76. The van der Waals surface area contributed by atoms with Gasteiger partial charge in [0.2, 0.25) is 0 Å². The molecule has 0 atom stereocenters. The molecule has 1 N–H and O–H groups in total. The van der Waals surface area contributed by atoms with Crippen LogP contribution in [0.3, 0.4) is 0 Å². The summed E-state index contributed by atoms with van der Waals surface area (Å²) in [6.45, 7) is 10.8. The van der Waals surface area contributed by atoms with Crippen molar-refractivity contribution in [2.24, 2.45) is 23.2 Å². The number of nitrogens with zero attached hydrogens (tertiary/aromatic N) is 1. The van der Waals surface area contributed by atoms with E-state index in [1.165, 1.54) is 6.42 Å². The van der Waals surface area contributed by atoms with Crippen molar-refractivity contribution in [3.05, 3.63) is 0 Å². The highest BCUT2D eigenvalue weighted by molar-refractivity contribution is 5.13. The number of nitriles is 1. The molecule has 0 saturated heterocycles. The highest BCUT2D eigenvalue weighted by Crippen LogP contribution is 2.51. The van der Waals surface area contributed by atoms with Gasteiger partial charge in [-0.2, -0.15) is 5.26 Å².